The molecule has 1 aromatic rings. The topological polar surface area (TPSA) is 38.7 Å². The lowest BCUT2D eigenvalue weighted by Gasteiger charge is -2.32. The van der Waals surface area contributed by atoms with Crippen LogP contribution in [0.25, 0.3) is 0 Å². The molecule has 1 aromatic carbocycles. The smallest absolute Gasteiger partial charge is 0.147 e. The SMILES string of the molecule is COc1ccc(C(O)C2CCCC2(C)C)c(OC)c1Cl. The van der Waals surface area contributed by atoms with E-state index in [1.807, 2.05) is 6.07 Å². The quantitative estimate of drug-likeness (QED) is 0.904. The molecule has 0 saturated heterocycles. The number of aliphatic hydroxyl groups is 1. The van der Waals surface area contributed by atoms with Crippen LogP contribution < -0.4 is 9.47 Å². The van der Waals surface area contributed by atoms with Gasteiger partial charge < -0.3 is 14.6 Å². The van der Waals surface area contributed by atoms with Crippen molar-refractivity contribution in [1.29, 1.82) is 0 Å². The van der Waals surface area contributed by atoms with Crippen molar-refractivity contribution >= 4 is 11.6 Å². The van der Waals surface area contributed by atoms with Gasteiger partial charge in [0.25, 0.3) is 0 Å². The van der Waals surface area contributed by atoms with Gasteiger partial charge in [0.2, 0.25) is 0 Å². The fraction of sp³-hybridized carbons (Fsp3) is 0.625. The molecule has 0 aromatic heterocycles. The Kier molecular flexibility index (Phi) is 4.50. The van der Waals surface area contributed by atoms with Crippen LogP contribution in [0.2, 0.25) is 5.02 Å². The number of aliphatic hydroxyl groups excluding tert-OH is 1. The molecule has 1 saturated carbocycles. The van der Waals surface area contributed by atoms with Crippen molar-refractivity contribution in [2.75, 3.05) is 14.2 Å². The Hall–Kier alpha value is -0.930. The van der Waals surface area contributed by atoms with Crippen molar-refractivity contribution in [3.63, 3.8) is 0 Å². The molecule has 112 valence electrons. The number of hydrogen-bond acceptors (Lipinski definition) is 3. The van der Waals surface area contributed by atoms with Gasteiger partial charge in [0, 0.05) is 5.56 Å². The van der Waals surface area contributed by atoms with Crippen molar-refractivity contribution in [3.05, 3.63) is 22.7 Å². The van der Waals surface area contributed by atoms with E-state index in [0.717, 1.165) is 24.8 Å². The van der Waals surface area contributed by atoms with Crippen molar-refractivity contribution in [3.8, 4) is 11.5 Å². The molecule has 0 bridgehead atoms. The second-order valence-corrected chi connectivity index (χ2v) is 6.51. The van der Waals surface area contributed by atoms with E-state index in [2.05, 4.69) is 13.8 Å². The number of rotatable bonds is 4. The minimum absolute atomic E-state index is 0.136. The summed E-state index contributed by atoms with van der Waals surface area (Å²) in [5.74, 6) is 1.30. The predicted octanol–water partition coefficient (Wildman–Crippen LogP) is 4.22. The summed E-state index contributed by atoms with van der Waals surface area (Å²) in [5, 5.41) is 11.2. The molecule has 3 nitrogen and oxygen atoms in total. The number of hydrogen-bond donors (Lipinski definition) is 1. The predicted molar refractivity (Wildman–Crippen MR) is 80.6 cm³/mol. The van der Waals surface area contributed by atoms with Crippen LogP contribution in [0, 0.1) is 11.3 Å². The fourth-order valence-electron chi connectivity index (χ4n) is 3.31. The van der Waals surface area contributed by atoms with E-state index in [0.29, 0.717) is 16.5 Å². The van der Waals surface area contributed by atoms with Crippen LogP contribution in [0.15, 0.2) is 12.1 Å². The summed E-state index contributed by atoms with van der Waals surface area (Å²) >= 11 is 6.27. The second-order valence-electron chi connectivity index (χ2n) is 6.14. The summed E-state index contributed by atoms with van der Waals surface area (Å²) < 4.78 is 10.6. The minimum atomic E-state index is -0.564. The first kappa shape index (κ1) is 15.5. The van der Waals surface area contributed by atoms with E-state index in [1.165, 1.54) is 0 Å². The molecular weight excluding hydrogens is 276 g/mol. The van der Waals surface area contributed by atoms with Gasteiger partial charge in [-0.3, -0.25) is 0 Å². The van der Waals surface area contributed by atoms with Crippen LogP contribution in [0.4, 0.5) is 0 Å². The highest BCUT2D eigenvalue weighted by atomic mass is 35.5. The Morgan fingerprint density at radius 1 is 1.30 bits per heavy atom. The van der Waals surface area contributed by atoms with E-state index in [9.17, 15) is 5.11 Å². The highest BCUT2D eigenvalue weighted by Gasteiger charge is 2.40. The number of ether oxygens (including phenoxy) is 2. The first-order valence-electron chi connectivity index (χ1n) is 7.01. The maximum Gasteiger partial charge on any atom is 0.147 e. The number of halogens is 1. The van der Waals surface area contributed by atoms with Gasteiger partial charge >= 0.3 is 0 Å². The normalized spacial score (nSPS) is 22.6. The third-order valence-electron chi connectivity index (χ3n) is 4.56. The first-order valence-corrected chi connectivity index (χ1v) is 7.38. The van der Waals surface area contributed by atoms with E-state index in [1.54, 1.807) is 20.3 Å². The highest BCUT2D eigenvalue weighted by molar-refractivity contribution is 6.33. The van der Waals surface area contributed by atoms with Crippen LogP contribution in [-0.2, 0) is 0 Å². The molecular formula is C16H23ClO3. The monoisotopic (exact) mass is 298 g/mol. The molecule has 0 spiro atoms. The Morgan fingerprint density at radius 3 is 2.50 bits per heavy atom. The summed E-state index contributed by atoms with van der Waals surface area (Å²) in [6.07, 6.45) is 2.76. The molecule has 1 N–H and O–H groups in total. The van der Waals surface area contributed by atoms with Crippen molar-refractivity contribution in [2.24, 2.45) is 11.3 Å². The number of benzene rings is 1. The Bertz CT molecular complexity index is 485. The van der Waals surface area contributed by atoms with Crippen LogP contribution in [0.1, 0.15) is 44.8 Å². The molecule has 0 aliphatic heterocycles. The molecule has 0 amide bonds. The van der Waals surface area contributed by atoms with Crippen molar-refractivity contribution < 1.29 is 14.6 Å². The van der Waals surface area contributed by atoms with Crippen LogP contribution in [0.5, 0.6) is 11.5 Å². The molecule has 4 heteroatoms. The van der Waals surface area contributed by atoms with Gasteiger partial charge in [-0.1, -0.05) is 31.9 Å². The average Bonchev–Trinajstić information content (AvgIpc) is 2.77. The van der Waals surface area contributed by atoms with Crippen molar-refractivity contribution in [2.45, 2.75) is 39.2 Å². The van der Waals surface area contributed by atoms with Crippen LogP contribution in [-0.4, -0.2) is 19.3 Å². The van der Waals surface area contributed by atoms with E-state index < -0.39 is 6.10 Å². The minimum Gasteiger partial charge on any atom is -0.495 e. The zero-order valence-corrected chi connectivity index (χ0v) is 13.3. The molecule has 1 fully saturated rings. The summed E-state index contributed by atoms with van der Waals surface area (Å²) in [6, 6.07) is 3.63. The van der Waals surface area contributed by atoms with E-state index in [4.69, 9.17) is 21.1 Å². The first-order chi connectivity index (χ1) is 9.42. The third kappa shape index (κ3) is 2.61. The van der Waals surface area contributed by atoms with Gasteiger partial charge in [0.1, 0.15) is 16.5 Å². The van der Waals surface area contributed by atoms with Gasteiger partial charge in [-0.05, 0) is 36.3 Å². The zero-order chi connectivity index (χ0) is 14.9. The zero-order valence-electron chi connectivity index (χ0n) is 12.6. The second kappa shape index (κ2) is 5.82. The van der Waals surface area contributed by atoms with Crippen molar-refractivity contribution in [1.82, 2.24) is 0 Å². The standard InChI is InChI=1S/C16H23ClO3/c1-16(2)9-5-6-11(16)14(18)10-7-8-12(19-3)13(17)15(10)20-4/h7-8,11,14,18H,5-6,9H2,1-4H3. The lowest BCUT2D eigenvalue weighted by molar-refractivity contribution is 0.0513. The van der Waals surface area contributed by atoms with Crippen LogP contribution >= 0.6 is 11.6 Å². The fourth-order valence-corrected chi connectivity index (χ4v) is 3.63. The molecule has 20 heavy (non-hydrogen) atoms. The maximum absolute atomic E-state index is 10.8. The summed E-state index contributed by atoms with van der Waals surface area (Å²) in [5.41, 5.74) is 0.884. The molecule has 0 radical (unpaired) electrons. The Balaban J connectivity index is 2.39. The van der Waals surface area contributed by atoms with Gasteiger partial charge in [-0.25, -0.2) is 0 Å². The van der Waals surface area contributed by atoms with Gasteiger partial charge in [0.05, 0.1) is 20.3 Å². The van der Waals surface area contributed by atoms with E-state index >= 15 is 0 Å². The Morgan fingerprint density at radius 2 is 2.00 bits per heavy atom. The lowest BCUT2D eigenvalue weighted by atomic mass is 9.76. The maximum atomic E-state index is 10.8. The van der Waals surface area contributed by atoms with Gasteiger partial charge in [-0.15, -0.1) is 0 Å². The Labute approximate surface area is 125 Å². The van der Waals surface area contributed by atoms with E-state index in [-0.39, 0.29) is 11.3 Å². The molecule has 2 unspecified atom stereocenters. The van der Waals surface area contributed by atoms with Gasteiger partial charge in [-0.2, -0.15) is 0 Å². The van der Waals surface area contributed by atoms with Gasteiger partial charge in [0.15, 0.2) is 0 Å². The summed E-state index contributed by atoms with van der Waals surface area (Å²) in [6.45, 7) is 4.43. The number of methoxy groups -OCH3 is 2. The summed E-state index contributed by atoms with van der Waals surface area (Å²) in [7, 11) is 3.13. The largest absolute Gasteiger partial charge is 0.495 e. The lowest BCUT2D eigenvalue weighted by Crippen LogP contribution is -2.24. The molecule has 2 rings (SSSR count). The molecule has 2 atom stereocenters. The molecule has 1 aliphatic carbocycles. The third-order valence-corrected chi connectivity index (χ3v) is 4.91. The average molecular weight is 299 g/mol. The highest BCUT2D eigenvalue weighted by Crippen LogP contribution is 2.51. The summed E-state index contributed by atoms with van der Waals surface area (Å²) in [4.78, 5) is 0. The molecule has 0 heterocycles. The van der Waals surface area contributed by atoms with Crippen LogP contribution in [0.3, 0.4) is 0 Å². The molecule has 1 aliphatic rings.